The van der Waals surface area contributed by atoms with Crippen LogP contribution in [0, 0.1) is 5.92 Å². The van der Waals surface area contributed by atoms with Gasteiger partial charge in [0.05, 0.1) is 21.1 Å². The lowest BCUT2D eigenvalue weighted by Crippen LogP contribution is -2.28. The van der Waals surface area contributed by atoms with Crippen LogP contribution in [-0.4, -0.2) is 26.9 Å². The minimum atomic E-state index is 0.163. The maximum atomic E-state index is 12.2. The summed E-state index contributed by atoms with van der Waals surface area (Å²) in [5, 5.41) is 1.22. The van der Waals surface area contributed by atoms with Crippen LogP contribution in [0.4, 0.5) is 0 Å². The van der Waals surface area contributed by atoms with Gasteiger partial charge in [-0.3, -0.25) is 9.36 Å². The van der Waals surface area contributed by atoms with Crippen molar-refractivity contribution in [3.63, 3.8) is 0 Å². The van der Waals surface area contributed by atoms with E-state index in [1.165, 1.54) is 0 Å². The molecular weight excluding hydrogens is 345 g/mol. The number of imidazole rings is 1. The van der Waals surface area contributed by atoms with E-state index in [1.54, 1.807) is 16.7 Å². The summed E-state index contributed by atoms with van der Waals surface area (Å²) in [6.45, 7) is 3.30. The highest BCUT2D eigenvalue weighted by Crippen LogP contribution is 2.31. The first-order valence-electron chi connectivity index (χ1n) is 7.28. The number of amides is 1. The van der Waals surface area contributed by atoms with Gasteiger partial charge in [-0.15, -0.1) is 0 Å². The van der Waals surface area contributed by atoms with Crippen molar-refractivity contribution in [2.75, 3.05) is 6.54 Å². The van der Waals surface area contributed by atoms with Gasteiger partial charge in [-0.2, -0.15) is 0 Å². The highest BCUT2D eigenvalue weighted by atomic mass is 35.5. The maximum Gasteiger partial charge on any atom is 0.224 e. The van der Waals surface area contributed by atoms with E-state index in [1.807, 2.05) is 4.90 Å². The number of benzene rings is 1. The number of fused-ring (bicyclic) bond motifs is 1. The first-order chi connectivity index (χ1) is 10.5. The molecule has 1 aliphatic heterocycles. The van der Waals surface area contributed by atoms with E-state index < -0.39 is 0 Å². The van der Waals surface area contributed by atoms with Gasteiger partial charge in [0.1, 0.15) is 6.67 Å². The van der Waals surface area contributed by atoms with Crippen molar-refractivity contribution in [3.05, 3.63) is 27.5 Å². The summed E-state index contributed by atoms with van der Waals surface area (Å²) in [6.07, 6.45) is 2.78. The van der Waals surface area contributed by atoms with Gasteiger partial charge in [0.2, 0.25) is 11.2 Å². The number of likely N-dealkylation sites (tertiary alicyclic amines) is 1. The average molecular weight is 361 g/mol. The van der Waals surface area contributed by atoms with Gasteiger partial charge in [0.15, 0.2) is 0 Å². The number of halogens is 3. The average Bonchev–Trinajstić information content (AvgIpc) is 2.94. The van der Waals surface area contributed by atoms with Crippen LogP contribution < -0.4 is 0 Å². The van der Waals surface area contributed by atoms with E-state index in [2.05, 4.69) is 11.9 Å². The molecule has 1 aliphatic rings. The second kappa shape index (κ2) is 6.26. The quantitative estimate of drug-likeness (QED) is 0.799. The third kappa shape index (κ3) is 2.92. The topological polar surface area (TPSA) is 38.1 Å². The molecule has 0 spiro atoms. The summed E-state index contributed by atoms with van der Waals surface area (Å²) in [6, 6.07) is 3.43. The van der Waals surface area contributed by atoms with Gasteiger partial charge in [0.25, 0.3) is 0 Å². The number of carbonyl (C=O) groups is 1. The molecule has 118 valence electrons. The van der Waals surface area contributed by atoms with Gasteiger partial charge in [0, 0.05) is 13.0 Å². The lowest BCUT2D eigenvalue weighted by molar-refractivity contribution is -0.129. The number of carbonyl (C=O) groups excluding carboxylic acids is 1. The molecule has 1 aromatic carbocycles. The molecule has 2 aromatic rings. The zero-order valence-electron chi connectivity index (χ0n) is 12.2. The number of rotatable bonds is 4. The molecule has 0 radical (unpaired) electrons. The molecule has 4 nitrogen and oxygen atoms in total. The minimum Gasteiger partial charge on any atom is -0.324 e. The van der Waals surface area contributed by atoms with E-state index in [-0.39, 0.29) is 5.91 Å². The Morgan fingerprint density at radius 1 is 1.27 bits per heavy atom. The molecule has 2 heterocycles. The fourth-order valence-corrected chi connectivity index (χ4v) is 3.54. The number of aromatic nitrogens is 2. The fourth-order valence-electron chi connectivity index (χ4n) is 2.99. The van der Waals surface area contributed by atoms with E-state index in [0.29, 0.717) is 39.9 Å². The molecule has 0 bridgehead atoms. The van der Waals surface area contributed by atoms with Crippen LogP contribution >= 0.6 is 34.8 Å². The molecule has 3 rings (SSSR count). The van der Waals surface area contributed by atoms with E-state index in [0.717, 1.165) is 24.9 Å². The van der Waals surface area contributed by atoms with Crippen molar-refractivity contribution >= 4 is 51.7 Å². The maximum absolute atomic E-state index is 12.2. The Morgan fingerprint density at radius 3 is 2.73 bits per heavy atom. The van der Waals surface area contributed by atoms with Crippen molar-refractivity contribution < 1.29 is 4.79 Å². The predicted octanol–water partition coefficient (Wildman–Crippen LogP) is 4.60. The molecule has 1 amide bonds. The zero-order valence-corrected chi connectivity index (χ0v) is 14.4. The van der Waals surface area contributed by atoms with Crippen molar-refractivity contribution in [1.29, 1.82) is 0 Å². The molecule has 1 unspecified atom stereocenters. The Balaban J connectivity index is 1.89. The molecule has 1 aromatic heterocycles. The summed E-state index contributed by atoms with van der Waals surface area (Å²) < 4.78 is 1.80. The van der Waals surface area contributed by atoms with Gasteiger partial charge >= 0.3 is 0 Å². The summed E-state index contributed by atoms with van der Waals surface area (Å²) in [7, 11) is 0. The molecular formula is C15H16Cl3N3O. The third-order valence-corrected chi connectivity index (χ3v) is 5.06. The molecule has 0 saturated carbocycles. The van der Waals surface area contributed by atoms with Crippen molar-refractivity contribution in [2.45, 2.75) is 32.9 Å². The van der Waals surface area contributed by atoms with Crippen LogP contribution in [0.2, 0.25) is 15.3 Å². The Labute approximate surface area is 143 Å². The summed E-state index contributed by atoms with van der Waals surface area (Å²) >= 11 is 18.3. The van der Waals surface area contributed by atoms with E-state index in [9.17, 15) is 4.79 Å². The monoisotopic (exact) mass is 359 g/mol. The van der Waals surface area contributed by atoms with Gasteiger partial charge < -0.3 is 4.90 Å². The molecule has 1 saturated heterocycles. The van der Waals surface area contributed by atoms with Crippen molar-refractivity contribution in [1.82, 2.24) is 14.5 Å². The lowest BCUT2D eigenvalue weighted by atomic mass is 10.0. The SMILES string of the molecule is CCCC1CC(=O)N(Cn2c(Cl)nc3cc(Cl)c(Cl)cc32)C1. The summed E-state index contributed by atoms with van der Waals surface area (Å²) in [4.78, 5) is 18.3. The fraction of sp³-hybridized carbons (Fsp3) is 0.467. The number of hydrogen-bond acceptors (Lipinski definition) is 2. The molecule has 0 N–H and O–H groups in total. The van der Waals surface area contributed by atoms with Crippen molar-refractivity contribution in [2.24, 2.45) is 5.92 Å². The number of hydrogen-bond donors (Lipinski definition) is 0. The van der Waals surface area contributed by atoms with Gasteiger partial charge in [-0.25, -0.2) is 4.98 Å². The molecule has 7 heteroatoms. The van der Waals surface area contributed by atoms with Crippen LogP contribution in [0.1, 0.15) is 26.2 Å². The third-order valence-electron chi connectivity index (χ3n) is 4.05. The van der Waals surface area contributed by atoms with Crippen LogP contribution in [-0.2, 0) is 11.5 Å². The van der Waals surface area contributed by atoms with Crippen LogP contribution in [0.15, 0.2) is 12.1 Å². The zero-order chi connectivity index (χ0) is 15.9. The van der Waals surface area contributed by atoms with Crippen LogP contribution in [0.3, 0.4) is 0 Å². The minimum absolute atomic E-state index is 0.163. The highest BCUT2D eigenvalue weighted by Gasteiger charge is 2.29. The Hall–Kier alpha value is -0.970. The van der Waals surface area contributed by atoms with Gasteiger partial charge in [-0.05, 0) is 36.1 Å². The van der Waals surface area contributed by atoms with E-state index >= 15 is 0 Å². The first kappa shape index (κ1) is 15.9. The summed E-state index contributed by atoms with van der Waals surface area (Å²) in [5.41, 5.74) is 1.46. The second-order valence-corrected chi connectivity index (χ2v) is 6.83. The largest absolute Gasteiger partial charge is 0.324 e. The highest BCUT2D eigenvalue weighted by molar-refractivity contribution is 6.42. The smallest absolute Gasteiger partial charge is 0.224 e. The lowest BCUT2D eigenvalue weighted by Gasteiger charge is -2.18. The summed E-state index contributed by atoms with van der Waals surface area (Å²) in [5.74, 6) is 0.598. The Morgan fingerprint density at radius 2 is 2.00 bits per heavy atom. The molecule has 1 fully saturated rings. The first-order valence-corrected chi connectivity index (χ1v) is 8.41. The Kier molecular flexibility index (Phi) is 4.53. The van der Waals surface area contributed by atoms with E-state index in [4.69, 9.17) is 34.8 Å². The molecule has 1 atom stereocenters. The number of nitrogens with zero attached hydrogens (tertiary/aromatic N) is 3. The second-order valence-electron chi connectivity index (χ2n) is 5.68. The normalized spacial score (nSPS) is 18.6. The molecule has 0 aliphatic carbocycles. The Bertz CT molecular complexity index is 728. The van der Waals surface area contributed by atoms with Crippen LogP contribution in [0.25, 0.3) is 11.0 Å². The predicted molar refractivity (Wildman–Crippen MR) is 89.5 cm³/mol. The van der Waals surface area contributed by atoms with Crippen LogP contribution in [0.5, 0.6) is 0 Å². The molecule has 22 heavy (non-hydrogen) atoms. The van der Waals surface area contributed by atoms with Crippen molar-refractivity contribution in [3.8, 4) is 0 Å². The standard InChI is InChI=1S/C15H16Cl3N3O/c1-2-3-9-4-14(22)20(7-9)8-21-13-6-11(17)10(16)5-12(13)19-15(21)18/h5-6,9H,2-4,7-8H2,1H3. The van der Waals surface area contributed by atoms with Gasteiger partial charge in [-0.1, -0.05) is 36.5 Å².